The van der Waals surface area contributed by atoms with Gasteiger partial charge in [0.1, 0.15) is 29.1 Å². The Hall–Kier alpha value is -3.98. The molecule has 0 atom stereocenters. The first-order valence-corrected chi connectivity index (χ1v) is 13.1. The van der Waals surface area contributed by atoms with Crippen LogP contribution in [-0.4, -0.2) is 4.57 Å². The molecule has 1 aromatic heterocycles. The number of nitrogens with zero attached hydrogens (tertiary/aromatic N) is 1. The van der Waals surface area contributed by atoms with Crippen LogP contribution in [0.25, 0.3) is 60.5 Å². The minimum Gasteiger partial charge on any atom is -0.309 e. The van der Waals surface area contributed by atoms with Gasteiger partial charge < -0.3 is 4.57 Å². The molecule has 1 heterocycles. The lowest BCUT2D eigenvalue weighted by atomic mass is 9.91. The zero-order valence-corrected chi connectivity index (χ0v) is 22.0. The van der Waals surface area contributed by atoms with Crippen LogP contribution in [0.3, 0.4) is 0 Å². The monoisotopic (exact) mass is 635 g/mol. The predicted octanol–water partition coefficient (Wildman–Crippen LogP) is 10.0. The smallest absolute Gasteiger partial charge is 0.136 e. The maximum Gasteiger partial charge on any atom is 0.136 e. The lowest BCUT2D eigenvalue weighted by Crippen LogP contribution is -1.95. The Morgan fingerprint density at radius 3 is 1.46 bits per heavy atom. The molecule has 0 unspecified atom stereocenters. The first-order chi connectivity index (χ1) is 18.8. The van der Waals surface area contributed by atoms with Crippen LogP contribution in [-0.2, 0) is 0 Å². The highest BCUT2D eigenvalue weighted by molar-refractivity contribution is 14.1. The molecule has 0 aliphatic carbocycles. The molecule has 190 valence electrons. The first-order valence-electron chi connectivity index (χ1n) is 12.0. The van der Waals surface area contributed by atoms with Crippen LogP contribution in [0, 0.1) is 32.7 Å². The lowest BCUT2D eigenvalue weighted by molar-refractivity contribution is 0.548. The fourth-order valence-corrected chi connectivity index (χ4v) is 6.19. The highest BCUT2D eigenvalue weighted by atomic mass is 127. The zero-order chi connectivity index (χ0) is 27.0. The predicted molar refractivity (Wildman–Crippen MR) is 153 cm³/mol. The fourth-order valence-electron chi connectivity index (χ4n) is 5.65. The van der Waals surface area contributed by atoms with Gasteiger partial charge >= 0.3 is 0 Å². The van der Waals surface area contributed by atoms with Crippen molar-refractivity contribution >= 4 is 55.2 Å². The molecule has 0 N–H and O–H groups in total. The van der Waals surface area contributed by atoms with Crippen LogP contribution < -0.4 is 0 Å². The van der Waals surface area contributed by atoms with E-state index in [9.17, 15) is 13.2 Å². The molecule has 0 amide bonds. The molecular formula is C32H15F5IN. The van der Waals surface area contributed by atoms with Gasteiger partial charge in [0.05, 0.1) is 22.2 Å². The molecule has 0 saturated heterocycles. The van der Waals surface area contributed by atoms with Crippen molar-refractivity contribution in [2.24, 2.45) is 0 Å². The van der Waals surface area contributed by atoms with Gasteiger partial charge in [-0.2, -0.15) is 0 Å². The highest BCUT2D eigenvalue weighted by Gasteiger charge is 2.24. The summed E-state index contributed by atoms with van der Waals surface area (Å²) in [6.07, 6.45) is 0. The summed E-state index contributed by atoms with van der Waals surface area (Å²) in [7, 11) is 0. The summed E-state index contributed by atoms with van der Waals surface area (Å²) in [5.74, 6) is -4.40. The SMILES string of the molecule is Fc1cc(F)c(-c2ccc3c4c2ccc2c(-c5c(F)cc(I)cc5F)ccc(c24)n3-c2ccccc2)c(F)c1. The topological polar surface area (TPSA) is 4.93 Å². The van der Waals surface area contributed by atoms with E-state index >= 15 is 8.78 Å². The van der Waals surface area contributed by atoms with Gasteiger partial charge in [-0.1, -0.05) is 42.5 Å². The molecule has 6 aromatic carbocycles. The Balaban J connectivity index is 1.65. The van der Waals surface area contributed by atoms with Crippen LogP contribution in [0.1, 0.15) is 0 Å². The van der Waals surface area contributed by atoms with Gasteiger partial charge in [-0.3, -0.25) is 0 Å². The lowest BCUT2D eigenvalue weighted by Gasteiger charge is -2.13. The van der Waals surface area contributed by atoms with E-state index in [1.54, 1.807) is 36.4 Å². The second kappa shape index (κ2) is 8.77. The van der Waals surface area contributed by atoms with Crippen molar-refractivity contribution in [2.75, 3.05) is 0 Å². The third-order valence-corrected chi connectivity index (χ3v) is 7.79. The van der Waals surface area contributed by atoms with Crippen molar-refractivity contribution in [1.82, 2.24) is 4.57 Å². The Bertz CT molecular complexity index is 1910. The molecule has 0 aliphatic heterocycles. The maximum atomic E-state index is 15.1. The summed E-state index contributed by atoms with van der Waals surface area (Å²) in [6.45, 7) is 0. The van der Waals surface area contributed by atoms with Crippen molar-refractivity contribution in [3.63, 3.8) is 0 Å². The molecule has 7 rings (SSSR count). The summed E-state index contributed by atoms with van der Waals surface area (Å²) < 4.78 is 76.3. The summed E-state index contributed by atoms with van der Waals surface area (Å²) >= 11 is 1.86. The average Bonchev–Trinajstić information content (AvgIpc) is 3.23. The quantitative estimate of drug-likeness (QED) is 0.104. The minimum absolute atomic E-state index is 0.146. The molecule has 0 spiro atoms. The van der Waals surface area contributed by atoms with Crippen LogP contribution in [0.15, 0.2) is 91.0 Å². The van der Waals surface area contributed by atoms with Gasteiger partial charge in [-0.15, -0.1) is 0 Å². The second-order valence-corrected chi connectivity index (χ2v) is 10.6. The van der Waals surface area contributed by atoms with Gasteiger partial charge in [-0.25, -0.2) is 22.0 Å². The van der Waals surface area contributed by atoms with Crippen molar-refractivity contribution in [1.29, 1.82) is 0 Å². The van der Waals surface area contributed by atoms with Crippen LogP contribution in [0.2, 0.25) is 0 Å². The van der Waals surface area contributed by atoms with Gasteiger partial charge in [0.25, 0.3) is 0 Å². The second-order valence-electron chi connectivity index (χ2n) is 9.34. The molecule has 1 nitrogen and oxygen atoms in total. The summed E-state index contributed by atoms with van der Waals surface area (Å²) in [5.41, 5.74) is 2.51. The maximum absolute atomic E-state index is 15.1. The normalized spacial score (nSPS) is 11.8. The van der Waals surface area contributed by atoms with Crippen LogP contribution in [0.5, 0.6) is 0 Å². The summed E-state index contributed by atoms with van der Waals surface area (Å²) in [6, 6.07) is 23.7. The van der Waals surface area contributed by atoms with Gasteiger partial charge in [0.15, 0.2) is 0 Å². The molecule has 0 radical (unpaired) electrons. The number of hydrogen-bond donors (Lipinski definition) is 0. The van der Waals surface area contributed by atoms with E-state index in [0.29, 0.717) is 42.8 Å². The van der Waals surface area contributed by atoms with Crippen molar-refractivity contribution in [3.05, 3.63) is 124 Å². The number of benzene rings is 6. The first kappa shape index (κ1) is 24.1. The minimum atomic E-state index is -1.02. The van der Waals surface area contributed by atoms with Gasteiger partial charge in [0, 0.05) is 32.2 Å². The van der Waals surface area contributed by atoms with E-state index in [1.165, 1.54) is 12.1 Å². The number of rotatable bonds is 3. The molecular weight excluding hydrogens is 620 g/mol. The van der Waals surface area contributed by atoms with Gasteiger partial charge in [0.2, 0.25) is 0 Å². The summed E-state index contributed by atoms with van der Waals surface area (Å²) in [5, 5.41) is 2.51. The number of para-hydroxylation sites is 1. The van der Waals surface area contributed by atoms with E-state index in [-0.39, 0.29) is 16.7 Å². The fraction of sp³-hybridized carbons (Fsp3) is 0. The Morgan fingerprint density at radius 2 is 0.974 bits per heavy atom. The van der Waals surface area contributed by atoms with E-state index in [0.717, 1.165) is 16.7 Å². The van der Waals surface area contributed by atoms with Crippen molar-refractivity contribution < 1.29 is 22.0 Å². The van der Waals surface area contributed by atoms with E-state index in [2.05, 4.69) is 0 Å². The molecule has 0 fully saturated rings. The average molecular weight is 635 g/mol. The van der Waals surface area contributed by atoms with Gasteiger partial charge in [-0.05, 0) is 80.9 Å². The largest absolute Gasteiger partial charge is 0.309 e. The van der Waals surface area contributed by atoms with E-state index < -0.39 is 29.1 Å². The number of halogens is 6. The molecule has 0 aliphatic rings. The van der Waals surface area contributed by atoms with E-state index in [4.69, 9.17) is 0 Å². The van der Waals surface area contributed by atoms with Crippen LogP contribution >= 0.6 is 22.6 Å². The van der Waals surface area contributed by atoms with Crippen LogP contribution in [0.4, 0.5) is 22.0 Å². The third-order valence-electron chi connectivity index (χ3n) is 7.16. The molecule has 0 bridgehead atoms. The standard InChI is InChI=1S/C32H15F5IN/c33-16-12-23(34)29(24(35)13-16)19-8-10-27-31-21(19)6-7-22-20(30-25(36)14-17(38)15-26(30)37)9-11-28(32(22)31)39(27)18-4-2-1-3-5-18/h1-15H. The van der Waals surface area contributed by atoms with Crippen molar-refractivity contribution in [3.8, 4) is 27.9 Å². The Morgan fingerprint density at radius 1 is 0.513 bits per heavy atom. The van der Waals surface area contributed by atoms with E-state index in [1.807, 2.05) is 57.5 Å². The molecule has 39 heavy (non-hydrogen) atoms. The molecule has 7 aromatic rings. The molecule has 0 saturated carbocycles. The number of hydrogen-bond acceptors (Lipinski definition) is 0. The molecule has 7 heteroatoms. The Kier molecular flexibility index (Phi) is 5.42. The highest BCUT2D eigenvalue weighted by Crippen LogP contribution is 2.46. The zero-order valence-electron chi connectivity index (χ0n) is 19.9. The number of aromatic nitrogens is 1. The Labute approximate surface area is 232 Å². The third kappa shape index (κ3) is 3.56. The summed E-state index contributed by atoms with van der Waals surface area (Å²) in [4.78, 5) is 0. The van der Waals surface area contributed by atoms with Crippen molar-refractivity contribution in [2.45, 2.75) is 0 Å².